The number of phenols is 4. The Bertz CT molecular complexity index is 1000. The zero-order chi connectivity index (χ0) is 21.5. The summed E-state index contributed by atoms with van der Waals surface area (Å²) in [5.74, 6) is -2.83. The fraction of sp³-hybridized carbons (Fsp3) is 0.286. The summed E-state index contributed by atoms with van der Waals surface area (Å²) in [5.41, 5.74) is 0.787. The van der Waals surface area contributed by atoms with Crippen LogP contribution in [-0.4, -0.2) is 44.5 Å². The van der Waals surface area contributed by atoms with Crippen molar-refractivity contribution in [2.75, 3.05) is 7.11 Å². The Hall–Kier alpha value is -3.39. The van der Waals surface area contributed by atoms with Crippen molar-refractivity contribution in [3.05, 3.63) is 46.5 Å². The number of methoxy groups -OCH3 is 1. The first-order chi connectivity index (χ1) is 13.7. The van der Waals surface area contributed by atoms with Gasteiger partial charge in [-0.3, -0.25) is 4.79 Å². The van der Waals surface area contributed by atoms with Crippen molar-refractivity contribution in [2.24, 2.45) is 0 Å². The predicted molar refractivity (Wildman–Crippen MR) is 103 cm³/mol. The van der Waals surface area contributed by atoms with E-state index in [1.54, 1.807) is 6.08 Å². The lowest BCUT2D eigenvalue weighted by Gasteiger charge is -2.32. The lowest BCUT2D eigenvalue weighted by atomic mass is 9.89. The van der Waals surface area contributed by atoms with Gasteiger partial charge in [-0.15, -0.1) is 0 Å². The number of benzene rings is 2. The number of fused-ring (bicyclic) bond motifs is 1. The fourth-order valence-corrected chi connectivity index (χ4v) is 3.26. The highest BCUT2D eigenvalue weighted by atomic mass is 16.5. The standard InChI is InChI=1S/C21H22O8/c1-9(2)4-6-11-15(24)21(28-3)17(26)14-16(25)18(27)20(29-19(11)14)12-8-10(22)5-7-13(12)23/h4-5,7-8,18,20,22-24,26-27H,6H2,1-3H3/t18-,20+/m0/s1. The highest BCUT2D eigenvalue weighted by Gasteiger charge is 2.43. The van der Waals surface area contributed by atoms with Crippen molar-refractivity contribution in [2.45, 2.75) is 32.5 Å². The minimum absolute atomic E-state index is 0.0144. The molecule has 1 aliphatic rings. The number of carbonyl (C=O) groups is 1. The van der Waals surface area contributed by atoms with Crippen molar-refractivity contribution >= 4 is 5.78 Å². The van der Waals surface area contributed by atoms with E-state index in [1.807, 2.05) is 13.8 Å². The summed E-state index contributed by atoms with van der Waals surface area (Å²) in [7, 11) is 1.23. The third-order valence-electron chi connectivity index (χ3n) is 4.74. The molecule has 154 valence electrons. The molecule has 1 aliphatic heterocycles. The molecule has 0 unspecified atom stereocenters. The lowest BCUT2D eigenvalue weighted by Crippen LogP contribution is -2.36. The number of rotatable bonds is 4. The Balaban J connectivity index is 2.25. The maximum atomic E-state index is 12.9. The normalized spacial score (nSPS) is 18.0. The van der Waals surface area contributed by atoms with E-state index >= 15 is 0 Å². The second-order valence-electron chi connectivity index (χ2n) is 6.99. The van der Waals surface area contributed by atoms with Crippen LogP contribution in [0.2, 0.25) is 0 Å². The topological polar surface area (TPSA) is 137 Å². The number of aliphatic hydroxyl groups excluding tert-OH is 1. The first kappa shape index (κ1) is 20.3. The van der Waals surface area contributed by atoms with Crippen LogP contribution < -0.4 is 9.47 Å². The van der Waals surface area contributed by atoms with Gasteiger partial charge in [-0.05, 0) is 38.5 Å². The van der Waals surface area contributed by atoms with E-state index in [0.717, 1.165) is 5.57 Å². The van der Waals surface area contributed by atoms with Gasteiger partial charge in [0.2, 0.25) is 11.5 Å². The minimum atomic E-state index is -1.77. The predicted octanol–water partition coefficient (Wildman–Crippen LogP) is 2.70. The van der Waals surface area contributed by atoms with Crippen molar-refractivity contribution < 1.29 is 39.8 Å². The molecule has 2 atom stereocenters. The molecule has 8 heteroatoms. The van der Waals surface area contributed by atoms with Gasteiger partial charge in [-0.1, -0.05) is 11.6 Å². The van der Waals surface area contributed by atoms with Crippen LogP contribution in [0.4, 0.5) is 0 Å². The molecule has 0 saturated heterocycles. The van der Waals surface area contributed by atoms with Crippen molar-refractivity contribution in [1.29, 1.82) is 0 Å². The first-order valence-electron chi connectivity index (χ1n) is 8.86. The van der Waals surface area contributed by atoms with E-state index in [4.69, 9.17) is 9.47 Å². The van der Waals surface area contributed by atoms with Crippen LogP contribution >= 0.6 is 0 Å². The molecule has 8 nitrogen and oxygen atoms in total. The smallest absolute Gasteiger partial charge is 0.204 e. The molecule has 0 amide bonds. The molecular formula is C21H22O8. The molecule has 1 heterocycles. The number of ether oxygens (including phenoxy) is 2. The van der Waals surface area contributed by atoms with Crippen LogP contribution in [0.1, 0.15) is 41.4 Å². The van der Waals surface area contributed by atoms with E-state index in [0.29, 0.717) is 0 Å². The molecule has 29 heavy (non-hydrogen) atoms. The van der Waals surface area contributed by atoms with Crippen LogP contribution in [-0.2, 0) is 6.42 Å². The van der Waals surface area contributed by atoms with Crippen LogP contribution in [0.5, 0.6) is 34.5 Å². The summed E-state index contributed by atoms with van der Waals surface area (Å²) in [6.45, 7) is 3.70. The van der Waals surface area contributed by atoms with Gasteiger partial charge in [0.25, 0.3) is 0 Å². The van der Waals surface area contributed by atoms with Gasteiger partial charge >= 0.3 is 0 Å². The van der Waals surface area contributed by atoms with Gasteiger partial charge in [0, 0.05) is 11.1 Å². The monoisotopic (exact) mass is 402 g/mol. The van der Waals surface area contributed by atoms with Crippen molar-refractivity contribution in [3.63, 3.8) is 0 Å². The molecule has 0 bridgehead atoms. The highest BCUT2D eigenvalue weighted by molar-refractivity contribution is 6.07. The maximum absolute atomic E-state index is 12.9. The Labute approximate surface area is 166 Å². The molecule has 0 radical (unpaired) electrons. The number of hydrogen-bond acceptors (Lipinski definition) is 8. The van der Waals surface area contributed by atoms with Gasteiger partial charge in [-0.25, -0.2) is 0 Å². The summed E-state index contributed by atoms with van der Waals surface area (Å²) in [4.78, 5) is 12.9. The number of carbonyl (C=O) groups excluding carboxylic acids is 1. The van der Waals surface area contributed by atoms with Crippen LogP contribution in [0, 0.1) is 0 Å². The van der Waals surface area contributed by atoms with E-state index in [2.05, 4.69) is 0 Å². The molecular weight excluding hydrogens is 380 g/mol. The Morgan fingerprint density at radius 2 is 1.86 bits per heavy atom. The molecule has 0 fully saturated rings. The van der Waals surface area contributed by atoms with E-state index in [1.165, 1.54) is 25.3 Å². The zero-order valence-electron chi connectivity index (χ0n) is 16.1. The number of phenolic OH excluding ortho intramolecular Hbond substituents is 4. The molecule has 2 aromatic rings. The van der Waals surface area contributed by atoms with E-state index in [-0.39, 0.29) is 46.1 Å². The number of ketones is 1. The average molecular weight is 402 g/mol. The van der Waals surface area contributed by atoms with Gasteiger partial charge < -0.3 is 35.0 Å². The largest absolute Gasteiger partial charge is 0.508 e. The quantitative estimate of drug-likeness (QED) is 0.389. The van der Waals surface area contributed by atoms with Crippen LogP contribution in [0.25, 0.3) is 0 Å². The first-order valence-corrected chi connectivity index (χ1v) is 8.86. The molecule has 0 spiro atoms. The van der Waals surface area contributed by atoms with Crippen molar-refractivity contribution in [1.82, 2.24) is 0 Å². The third-order valence-corrected chi connectivity index (χ3v) is 4.74. The third kappa shape index (κ3) is 3.42. The second-order valence-corrected chi connectivity index (χ2v) is 6.99. The summed E-state index contributed by atoms with van der Waals surface area (Å²) in [6.07, 6.45) is -1.19. The zero-order valence-corrected chi connectivity index (χ0v) is 16.1. The number of aliphatic hydroxyl groups is 1. The minimum Gasteiger partial charge on any atom is -0.508 e. The van der Waals surface area contributed by atoms with E-state index < -0.39 is 29.5 Å². The van der Waals surface area contributed by atoms with E-state index in [9.17, 15) is 30.3 Å². The van der Waals surface area contributed by atoms with Gasteiger partial charge in [0.15, 0.2) is 23.7 Å². The molecule has 0 saturated carbocycles. The Morgan fingerprint density at radius 3 is 2.48 bits per heavy atom. The van der Waals surface area contributed by atoms with Gasteiger partial charge in [0.05, 0.1) is 7.11 Å². The highest BCUT2D eigenvalue weighted by Crippen LogP contribution is 2.52. The summed E-state index contributed by atoms with van der Waals surface area (Å²) in [6, 6.07) is 3.61. The van der Waals surface area contributed by atoms with Gasteiger partial charge in [0.1, 0.15) is 22.8 Å². The van der Waals surface area contributed by atoms with Crippen molar-refractivity contribution in [3.8, 4) is 34.5 Å². The molecule has 3 rings (SSSR count). The molecule has 0 aromatic heterocycles. The Morgan fingerprint density at radius 1 is 1.17 bits per heavy atom. The maximum Gasteiger partial charge on any atom is 0.204 e. The van der Waals surface area contributed by atoms with Gasteiger partial charge in [-0.2, -0.15) is 0 Å². The number of hydrogen-bond donors (Lipinski definition) is 5. The summed E-state index contributed by atoms with van der Waals surface area (Å²) >= 11 is 0. The SMILES string of the molecule is COc1c(O)c(CC=C(C)C)c2c(c1O)C(=O)[C@H](O)[C@@H](c1cc(O)ccc1O)O2. The molecule has 2 aromatic carbocycles. The van der Waals surface area contributed by atoms with Crippen LogP contribution in [0.15, 0.2) is 29.8 Å². The number of aromatic hydroxyl groups is 4. The average Bonchev–Trinajstić information content (AvgIpc) is 2.66. The number of allylic oxidation sites excluding steroid dienone is 2. The van der Waals surface area contributed by atoms with Crippen LogP contribution in [0.3, 0.4) is 0 Å². The number of Topliss-reactive ketones (excluding diaryl/α,β-unsaturated/α-hetero) is 1. The molecule has 5 N–H and O–H groups in total. The summed E-state index contributed by atoms with van der Waals surface area (Å²) in [5, 5.41) is 51.4. The Kier molecular flexibility index (Phi) is 5.30. The fourth-order valence-electron chi connectivity index (χ4n) is 3.26. The second kappa shape index (κ2) is 7.56. The molecule has 0 aliphatic carbocycles. The summed E-state index contributed by atoms with van der Waals surface area (Å²) < 4.78 is 10.9. The lowest BCUT2D eigenvalue weighted by molar-refractivity contribution is 0.0196.